The Kier molecular flexibility index (Phi) is 5.25. The van der Waals surface area contributed by atoms with Crippen LogP contribution in [-0.2, 0) is 0 Å². The minimum atomic E-state index is -0.310. The van der Waals surface area contributed by atoms with Gasteiger partial charge in [0.25, 0.3) is 5.56 Å². The third-order valence-electron chi connectivity index (χ3n) is 3.55. The molecular weight excluding hydrogens is 374 g/mol. The average Bonchev–Trinajstić information content (AvgIpc) is 2.94. The number of hydrogen-bond donors (Lipinski definition) is 2. The lowest BCUT2D eigenvalue weighted by Crippen LogP contribution is -2.20. The number of phenols is 1. The van der Waals surface area contributed by atoms with Gasteiger partial charge in [-0.15, -0.1) is 11.3 Å². The van der Waals surface area contributed by atoms with Gasteiger partial charge in [0.2, 0.25) is 0 Å². The van der Waals surface area contributed by atoms with Crippen molar-refractivity contribution in [1.82, 2.24) is 4.98 Å². The Hall–Kier alpha value is -2.83. The fourth-order valence-corrected chi connectivity index (χ4v) is 3.39. The van der Waals surface area contributed by atoms with E-state index >= 15 is 0 Å². The van der Waals surface area contributed by atoms with E-state index in [4.69, 9.17) is 16.3 Å². The van der Waals surface area contributed by atoms with Crippen molar-refractivity contribution in [2.45, 2.75) is 0 Å². The summed E-state index contributed by atoms with van der Waals surface area (Å²) in [6.45, 7) is 0. The number of ether oxygens (including phenoxy) is 1. The van der Waals surface area contributed by atoms with E-state index in [1.807, 2.05) is 0 Å². The van der Waals surface area contributed by atoms with Crippen LogP contribution in [0.15, 0.2) is 47.3 Å². The van der Waals surface area contributed by atoms with Crippen molar-refractivity contribution in [3.8, 4) is 11.5 Å². The Labute approximate surface area is 157 Å². The van der Waals surface area contributed by atoms with Crippen LogP contribution in [0.1, 0.15) is 15.9 Å². The van der Waals surface area contributed by atoms with E-state index in [-0.39, 0.29) is 17.1 Å². The Balaban J connectivity index is 1.97. The number of phenolic OH excluding ortho intramolecular Hbond substituents is 1. The Morgan fingerprint density at radius 2 is 2.08 bits per heavy atom. The monoisotopic (exact) mass is 387 g/mol. The van der Waals surface area contributed by atoms with Crippen LogP contribution in [0, 0.1) is 0 Å². The summed E-state index contributed by atoms with van der Waals surface area (Å²) in [5.74, 6) is 0.0826. The molecule has 0 atom stereocenters. The number of aromatic amines is 1. The molecule has 5 nitrogen and oxygen atoms in total. The molecule has 0 spiro atoms. The van der Waals surface area contributed by atoms with Crippen LogP contribution in [0.4, 0.5) is 0 Å². The van der Waals surface area contributed by atoms with Crippen LogP contribution in [0.5, 0.6) is 11.5 Å². The molecule has 26 heavy (non-hydrogen) atoms. The fourth-order valence-electron chi connectivity index (χ4n) is 2.32. The number of thiazole rings is 1. The summed E-state index contributed by atoms with van der Waals surface area (Å²) in [5.41, 5.74) is 0.774. The first kappa shape index (κ1) is 18.0. The molecule has 0 saturated carbocycles. The highest BCUT2D eigenvalue weighted by molar-refractivity contribution is 7.07. The molecule has 0 aliphatic heterocycles. The smallest absolute Gasteiger partial charge is 0.266 e. The zero-order valence-electron chi connectivity index (χ0n) is 13.7. The molecule has 3 rings (SSSR count). The maximum absolute atomic E-state index is 12.3. The minimum Gasteiger partial charge on any atom is -0.504 e. The first-order chi connectivity index (χ1) is 12.5. The molecule has 2 N–H and O–H groups in total. The minimum absolute atomic E-state index is 0.0165. The maximum atomic E-state index is 12.3. The topological polar surface area (TPSA) is 79.4 Å². The molecule has 1 aromatic heterocycles. The van der Waals surface area contributed by atoms with Crippen LogP contribution < -0.4 is 19.5 Å². The number of carbonyl (C=O) groups excluding carboxylic acids is 1. The van der Waals surface area contributed by atoms with Gasteiger partial charge in [0.05, 0.1) is 16.3 Å². The highest BCUT2D eigenvalue weighted by Crippen LogP contribution is 2.26. The van der Waals surface area contributed by atoms with Gasteiger partial charge in [-0.1, -0.05) is 29.8 Å². The number of rotatable bonds is 4. The van der Waals surface area contributed by atoms with Crippen LogP contribution in [0.2, 0.25) is 5.02 Å². The van der Waals surface area contributed by atoms with E-state index in [1.54, 1.807) is 42.5 Å². The fraction of sp³-hybridized carbons (Fsp3) is 0.0526. The standard InChI is InChI=1S/C19H14ClNO4S/c1-25-16-6-5-11(7-15(16)23)8-17-19(24)21-18(26-17)10-14(22)12-3-2-4-13(20)9-12/h2-10,23H,1H3,(H,21,24). The second-order valence-corrected chi connectivity index (χ2v) is 6.90. The van der Waals surface area contributed by atoms with Crippen molar-refractivity contribution in [3.63, 3.8) is 0 Å². The van der Waals surface area contributed by atoms with E-state index in [0.717, 1.165) is 11.3 Å². The molecule has 0 amide bonds. The van der Waals surface area contributed by atoms with E-state index < -0.39 is 0 Å². The molecule has 0 bridgehead atoms. The first-order valence-electron chi connectivity index (χ1n) is 7.56. The molecule has 132 valence electrons. The maximum Gasteiger partial charge on any atom is 0.266 e. The largest absolute Gasteiger partial charge is 0.504 e. The lowest BCUT2D eigenvalue weighted by molar-refractivity contribution is 0.106. The summed E-state index contributed by atoms with van der Waals surface area (Å²) in [6.07, 6.45) is 2.99. The third-order valence-corrected chi connectivity index (χ3v) is 4.75. The molecule has 0 aliphatic carbocycles. The number of hydrogen-bond acceptors (Lipinski definition) is 5. The molecular formula is C19H14ClNO4S. The third kappa shape index (κ3) is 4.04. The Morgan fingerprint density at radius 1 is 1.27 bits per heavy atom. The molecule has 0 aliphatic rings. The van der Waals surface area contributed by atoms with Gasteiger partial charge < -0.3 is 14.8 Å². The Bertz CT molecular complexity index is 1150. The molecule has 0 fully saturated rings. The van der Waals surface area contributed by atoms with Crippen molar-refractivity contribution in [2.75, 3.05) is 7.11 Å². The van der Waals surface area contributed by atoms with E-state index in [1.165, 1.54) is 19.3 Å². The molecule has 2 aromatic carbocycles. The highest BCUT2D eigenvalue weighted by Gasteiger charge is 2.05. The number of methoxy groups -OCH3 is 1. The van der Waals surface area contributed by atoms with E-state index in [2.05, 4.69) is 4.98 Å². The Morgan fingerprint density at radius 3 is 2.77 bits per heavy atom. The molecule has 0 unspecified atom stereocenters. The summed E-state index contributed by atoms with van der Waals surface area (Å²) < 4.78 is 5.84. The second kappa shape index (κ2) is 7.59. The summed E-state index contributed by atoms with van der Waals surface area (Å²) >= 11 is 7.04. The number of halogens is 1. The summed E-state index contributed by atoms with van der Waals surface area (Å²) in [4.78, 5) is 27.0. The molecule has 3 aromatic rings. The number of Topliss-reactive ketones (excluding diaryl/α,β-unsaturated/α-hetero) is 1. The van der Waals surface area contributed by atoms with Gasteiger partial charge in [0.1, 0.15) is 0 Å². The first-order valence-corrected chi connectivity index (χ1v) is 8.75. The average molecular weight is 388 g/mol. The predicted octanol–water partition coefficient (Wildman–Crippen LogP) is 2.30. The van der Waals surface area contributed by atoms with Gasteiger partial charge in [-0.2, -0.15) is 0 Å². The number of carbonyl (C=O) groups is 1. The lowest BCUT2D eigenvalue weighted by atomic mass is 10.1. The summed E-state index contributed by atoms with van der Waals surface area (Å²) in [5, 5.41) is 10.3. The number of aromatic hydroxyl groups is 1. The lowest BCUT2D eigenvalue weighted by Gasteiger charge is -2.02. The van der Waals surface area contributed by atoms with Gasteiger partial charge in [-0.05, 0) is 35.9 Å². The summed E-state index contributed by atoms with van der Waals surface area (Å²) in [6, 6.07) is 11.4. The zero-order chi connectivity index (χ0) is 18.7. The van der Waals surface area contributed by atoms with Crippen molar-refractivity contribution in [2.24, 2.45) is 0 Å². The number of nitrogens with one attached hydrogen (secondary N) is 1. The van der Waals surface area contributed by atoms with E-state index in [9.17, 15) is 14.7 Å². The van der Waals surface area contributed by atoms with E-state index in [0.29, 0.717) is 31.1 Å². The van der Waals surface area contributed by atoms with Gasteiger partial charge in [-0.25, -0.2) is 0 Å². The SMILES string of the molecule is COc1ccc(C=c2sc(=CC(=O)c3cccc(Cl)c3)[nH]c2=O)cc1O. The number of aromatic nitrogens is 1. The van der Waals surface area contributed by atoms with Crippen LogP contribution >= 0.6 is 22.9 Å². The molecule has 0 radical (unpaired) electrons. The van der Waals surface area contributed by atoms with Crippen LogP contribution in [0.3, 0.4) is 0 Å². The molecule has 0 saturated heterocycles. The van der Waals surface area contributed by atoms with Crippen molar-refractivity contribution < 1.29 is 14.6 Å². The quantitative estimate of drug-likeness (QED) is 0.673. The van der Waals surface area contributed by atoms with Crippen molar-refractivity contribution >= 4 is 40.9 Å². The number of ketones is 1. The van der Waals surface area contributed by atoms with Crippen LogP contribution in [-0.4, -0.2) is 23.0 Å². The molecule has 7 heteroatoms. The van der Waals surface area contributed by atoms with Gasteiger partial charge in [-0.3, -0.25) is 9.59 Å². The van der Waals surface area contributed by atoms with Gasteiger partial charge in [0.15, 0.2) is 17.3 Å². The van der Waals surface area contributed by atoms with Gasteiger partial charge in [0, 0.05) is 16.7 Å². The molecule has 1 heterocycles. The predicted molar refractivity (Wildman–Crippen MR) is 103 cm³/mol. The van der Waals surface area contributed by atoms with Crippen LogP contribution in [0.25, 0.3) is 12.2 Å². The van der Waals surface area contributed by atoms with Gasteiger partial charge >= 0.3 is 0 Å². The second-order valence-electron chi connectivity index (χ2n) is 5.38. The van der Waals surface area contributed by atoms with Crippen molar-refractivity contribution in [1.29, 1.82) is 0 Å². The number of benzene rings is 2. The summed E-state index contributed by atoms with van der Waals surface area (Å²) in [7, 11) is 1.46. The highest BCUT2D eigenvalue weighted by atomic mass is 35.5. The normalized spacial score (nSPS) is 12.4. The van der Waals surface area contributed by atoms with Crippen molar-refractivity contribution in [3.05, 3.63) is 78.2 Å². The number of H-pyrrole nitrogens is 1. The zero-order valence-corrected chi connectivity index (χ0v) is 15.2.